The van der Waals surface area contributed by atoms with Crippen molar-refractivity contribution < 1.29 is 14.5 Å². The molecule has 2 N–H and O–H groups in total. The minimum atomic E-state index is -0.508. The molecule has 0 amide bonds. The highest BCUT2D eigenvalue weighted by molar-refractivity contribution is 5.69. The number of hydrogen-bond acceptors (Lipinski definition) is 5. The number of nitrogens with zero attached hydrogens (tertiary/aromatic N) is 1. The van der Waals surface area contributed by atoms with Crippen LogP contribution in [-0.2, 0) is 16.1 Å². The SMILES string of the molecule is NCCC(=O)OCc1ccccc1[N+](=O)[O-]. The van der Waals surface area contributed by atoms with Crippen LogP contribution >= 0.6 is 0 Å². The standard InChI is InChI=1S/C10H12N2O4/c11-6-5-10(13)16-7-8-3-1-2-4-9(8)12(14)15/h1-4H,5-7,11H2. The molecule has 0 unspecified atom stereocenters. The molecule has 6 heteroatoms. The van der Waals surface area contributed by atoms with Gasteiger partial charge in [-0.05, 0) is 6.07 Å². The molecule has 0 aliphatic carbocycles. The number of nitro groups is 1. The zero-order valence-corrected chi connectivity index (χ0v) is 8.59. The highest BCUT2D eigenvalue weighted by Gasteiger charge is 2.13. The first-order valence-corrected chi connectivity index (χ1v) is 4.73. The number of nitro benzene ring substituents is 1. The van der Waals surface area contributed by atoms with Crippen LogP contribution in [0.2, 0.25) is 0 Å². The molecule has 1 rings (SSSR count). The fourth-order valence-electron chi connectivity index (χ4n) is 1.16. The lowest BCUT2D eigenvalue weighted by Crippen LogP contribution is -2.11. The molecule has 0 aromatic heterocycles. The van der Waals surface area contributed by atoms with Gasteiger partial charge in [0.2, 0.25) is 0 Å². The second kappa shape index (κ2) is 5.82. The highest BCUT2D eigenvalue weighted by atomic mass is 16.6. The predicted molar refractivity (Wildman–Crippen MR) is 56.6 cm³/mol. The van der Waals surface area contributed by atoms with Crippen LogP contribution in [0.1, 0.15) is 12.0 Å². The van der Waals surface area contributed by atoms with Gasteiger partial charge < -0.3 is 10.5 Å². The van der Waals surface area contributed by atoms with Gasteiger partial charge in [-0.1, -0.05) is 12.1 Å². The Hall–Kier alpha value is -1.95. The van der Waals surface area contributed by atoms with Gasteiger partial charge in [-0.3, -0.25) is 14.9 Å². The third kappa shape index (κ3) is 3.32. The molecule has 0 saturated heterocycles. The minimum absolute atomic E-state index is 0.0527. The number of benzene rings is 1. The lowest BCUT2D eigenvalue weighted by atomic mass is 10.2. The highest BCUT2D eigenvalue weighted by Crippen LogP contribution is 2.18. The number of ether oxygens (including phenoxy) is 1. The molecular formula is C10H12N2O4. The number of para-hydroxylation sites is 1. The van der Waals surface area contributed by atoms with E-state index in [0.29, 0.717) is 5.56 Å². The maximum absolute atomic E-state index is 11.0. The Labute approximate surface area is 92.2 Å². The molecule has 16 heavy (non-hydrogen) atoms. The van der Waals surface area contributed by atoms with Crippen molar-refractivity contribution in [2.75, 3.05) is 6.54 Å². The van der Waals surface area contributed by atoms with E-state index < -0.39 is 10.9 Å². The topological polar surface area (TPSA) is 95.5 Å². The monoisotopic (exact) mass is 224 g/mol. The summed E-state index contributed by atoms with van der Waals surface area (Å²) in [4.78, 5) is 21.2. The number of rotatable bonds is 5. The lowest BCUT2D eigenvalue weighted by Gasteiger charge is -2.04. The molecular weight excluding hydrogens is 212 g/mol. The van der Waals surface area contributed by atoms with Crippen LogP contribution in [0.5, 0.6) is 0 Å². The first kappa shape index (κ1) is 12.1. The quantitative estimate of drug-likeness (QED) is 0.457. The fraction of sp³-hybridized carbons (Fsp3) is 0.300. The molecule has 0 saturated carbocycles. The Morgan fingerprint density at radius 1 is 1.44 bits per heavy atom. The minimum Gasteiger partial charge on any atom is -0.460 e. The normalized spacial score (nSPS) is 9.81. The molecule has 0 aliphatic heterocycles. The molecule has 6 nitrogen and oxygen atoms in total. The maximum Gasteiger partial charge on any atom is 0.307 e. The molecule has 0 bridgehead atoms. The first-order valence-electron chi connectivity index (χ1n) is 4.73. The molecule has 86 valence electrons. The zero-order chi connectivity index (χ0) is 12.0. The molecule has 0 aliphatic rings. The number of carbonyl (C=O) groups is 1. The van der Waals surface area contributed by atoms with Crippen LogP contribution in [0.3, 0.4) is 0 Å². The number of esters is 1. The zero-order valence-electron chi connectivity index (χ0n) is 8.59. The number of carbonyl (C=O) groups excluding carboxylic acids is 1. The summed E-state index contributed by atoms with van der Waals surface area (Å²) >= 11 is 0. The summed E-state index contributed by atoms with van der Waals surface area (Å²) in [6, 6.07) is 6.13. The van der Waals surface area contributed by atoms with Crippen molar-refractivity contribution in [2.45, 2.75) is 13.0 Å². The van der Waals surface area contributed by atoms with Gasteiger partial charge in [0.15, 0.2) is 0 Å². The lowest BCUT2D eigenvalue weighted by molar-refractivity contribution is -0.385. The van der Waals surface area contributed by atoms with Crippen molar-refractivity contribution in [3.8, 4) is 0 Å². The van der Waals surface area contributed by atoms with Crippen molar-refractivity contribution in [1.29, 1.82) is 0 Å². The van der Waals surface area contributed by atoms with Gasteiger partial charge in [-0.25, -0.2) is 0 Å². The van der Waals surface area contributed by atoms with E-state index in [0.717, 1.165) is 0 Å². The van der Waals surface area contributed by atoms with Gasteiger partial charge >= 0.3 is 5.97 Å². The van der Waals surface area contributed by atoms with Crippen molar-refractivity contribution >= 4 is 11.7 Å². The van der Waals surface area contributed by atoms with Gasteiger partial charge in [0, 0.05) is 12.6 Å². The van der Waals surface area contributed by atoms with E-state index in [-0.39, 0.29) is 25.3 Å². The maximum atomic E-state index is 11.0. The van der Waals surface area contributed by atoms with Crippen LogP contribution < -0.4 is 5.73 Å². The molecule has 1 aromatic rings. The van der Waals surface area contributed by atoms with E-state index in [2.05, 4.69) is 0 Å². The van der Waals surface area contributed by atoms with E-state index in [4.69, 9.17) is 10.5 Å². The average molecular weight is 224 g/mol. The Kier molecular flexibility index (Phi) is 4.41. The smallest absolute Gasteiger partial charge is 0.307 e. The van der Waals surface area contributed by atoms with Gasteiger partial charge in [-0.15, -0.1) is 0 Å². The molecule has 0 spiro atoms. The van der Waals surface area contributed by atoms with Crippen molar-refractivity contribution in [1.82, 2.24) is 0 Å². The van der Waals surface area contributed by atoms with Crippen LogP contribution in [0.25, 0.3) is 0 Å². The fourth-order valence-corrected chi connectivity index (χ4v) is 1.16. The van der Waals surface area contributed by atoms with E-state index >= 15 is 0 Å². The summed E-state index contributed by atoms with van der Waals surface area (Å²) < 4.78 is 4.84. The van der Waals surface area contributed by atoms with Gasteiger partial charge in [0.05, 0.1) is 16.9 Å². The molecule has 0 fully saturated rings. The Morgan fingerprint density at radius 3 is 2.75 bits per heavy atom. The molecule has 0 heterocycles. The third-order valence-corrected chi connectivity index (χ3v) is 1.93. The van der Waals surface area contributed by atoms with Crippen LogP contribution in [0, 0.1) is 10.1 Å². The van der Waals surface area contributed by atoms with E-state index in [1.165, 1.54) is 6.07 Å². The summed E-state index contributed by atoms with van der Waals surface area (Å²) in [6.45, 7) is 0.103. The number of nitrogens with two attached hydrogens (primary N) is 1. The summed E-state index contributed by atoms with van der Waals surface area (Å²) in [5, 5.41) is 10.6. The van der Waals surface area contributed by atoms with Gasteiger partial charge in [-0.2, -0.15) is 0 Å². The van der Waals surface area contributed by atoms with E-state index in [1.807, 2.05) is 0 Å². The summed E-state index contributed by atoms with van der Waals surface area (Å²) in [5.74, 6) is -0.458. The second-order valence-electron chi connectivity index (χ2n) is 3.09. The Bertz CT molecular complexity index is 392. The van der Waals surface area contributed by atoms with Crippen molar-refractivity contribution in [3.63, 3.8) is 0 Å². The van der Waals surface area contributed by atoms with Crippen molar-refractivity contribution in [3.05, 3.63) is 39.9 Å². The summed E-state index contributed by atoms with van der Waals surface area (Å²) in [7, 11) is 0. The molecule has 0 radical (unpaired) electrons. The average Bonchev–Trinajstić information content (AvgIpc) is 2.27. The van der Waals surface area contributed by atoms with Crippen LogP contribution in [0.15, 0.2) is 24.3 Å². The summed E-state index contributed by atoms with van der Waals surface area (Å²) in [5.41, 5.74) is 5.49. The van der Waals surface area contributed by atoms with Crippen molar-refractivity contribution in [2.24, 2.45) is 5.73 Å². The van der Waals surface area contributed by atoms with Gasteiger partial charge in [0.25, 0.3) is 5.69 Å². The molecule has 0 atom stereocenters. The van der Waals surface area contributed by atoms with Crippen LogP contribution in [-0.4, -0.2) is 17.4 Å². The first-order chi connectivity index (χ1) is 7.65. The molecule has 1 aromatic carbocycles. The predicted octanol–water partition coefficient (Wildman–Crippen LogP) is 0.987. The third-order valence-electron chi connectivity index (χ3n) is 1.93. The van der Waals surface area contributed by atoms with E-state index in [9.17, 15) is 14.9 Å². The van der Waals surface area contributed by atoms with Crippen LogP contribution in [0.4, 0.5) is 5.69 Å². The summed E-state index contributed by atoms with van der Waals surface area (Å²) in [6.07, 6.45) is 0.112. The second-order valence-corrected chi connectivity index (χ2v) is 3.09. The number of hydrogen-bond donors (Lipinski definition) is 1. The Morgan fingerprint density at radius 2 is 2.12 bits per heavy atom. The van der Waals surface area contributed by atoms with E-state index in [1.54, 1.807) is 18.2 Å². The van der Waals surface area contributed by atoms with Gasteiger partial charge in [0.1, 0.15) is 6.61 Å². The largest absolute Gasteiger partial charge is 0.460 e. The Balaban J connectivity index is 2.66.